The van der Waals surface area contributed by atoms with Crippen LogP contribution in [0.5, 0.6) is 0 Å². The van der Waals surface area contributed by atoms with E-state index >= 15 is 0 Å². The summed E-state index contributed by atoms with van der Waals surface area (Å²) in [6, 6.07) is 3.68. The number of nitrogen functional groups attached to an aromatic ring is 1. The van der Waals surface area contributed by atoms with Crippen LogP contribution in [0.15, 0.2) is 17.0 Å². The number of aryl methyl sites for hydroxylation is 1. The lowest BCUT2D eigenvalue weighted by molar-refractivity contribution is 0.246. The SMILES string of the molecule is CCC1CCCCN1S(=O)(=O)c1cc(C)cc(N)c1C. The minimum atomic E-state index is -3.45. The summed E-state index contributed by atoms with van der Waals surface area (Å²) in [7, 11) is -3.45. The molecule has 5 heteroatoms. The number of piperidine rings is 1. The molecule has 4 nitrogen and oxygen atoms in total. The second-order valence-corrected chi connectivity index (χ2v) is 7.51. The third kappa shape index (κ3) is 2.69. The maximum Gasteiger partial charge on any atom is 0.243 e. The molecule has 0 saturated carbocycles. The molecule has 1 aliphatic rings. The Morgan fingerprint density at radius 2 is 2.00 bits per heavy atom. The zero-order chi connectivity index (χ0) is 14.9. The molecule has 112 valence electrons. The predicted octanol–water partition coefficient (Wildman–Crippen LogP) is 2.84. The Bertz CT molecular complexity index is 596. The Hall–Kier alpha value is -1.07. The fourth-order valence-electron chi connectivity index (χ4n) is 2.95. The van der Waals surface area contributed by atoms with E-state index in [9.17, 15) is 8.42 Å². The first kappa shape index (κ1) is 15.3. The van der Waals surface area contributed by atoms with Gasteiger partial charge in [-0.25, -0.2) is 8.42 Å². The van der Waals surface area contributed by atoms with Crippen molar-refractivity contribution in [2.45, 2.75) is 57.4 Å². The fraction of sp³-hybridized carbons (Fsp3) is 0.600. The van der Waals surface area contributed by atoms with Gasteiger partial charge in [-0.1, -0.05) is 13.3 Å². The van der Waals surface area contributed by atoms with E-state index in [4.69, 9.17) is 5.73 Å². The van der Waals surface area contributed by atoms with Gasteiger partial charge < -0.3 is 5.73 Å². The molecule has 1 unspecified atom stereocenters. The first-order valence-corrected chi connectivity index (χ1v) is 8.70. The number of sulfonamides is 1. The van der Waals surface area contributed by atoms with Gasteiger partial charge in [0, 0.05) is 18.3 Å². The summed E-state index contributed by atoms with van der Waals surface area (Å²) in [5.74, 6) is 0. The van der Waals surface area contributed by atoms with Crippen LogP contribution in [0.3, 0.4) is 0 Å². The van der Waals surface area contributed by atoms with Crippen LogP contribution in [0.2, 0.25) is 0 Å². The van der Waals surface area contributed by atoms with Crippen LogP contribution in [0, 0.1) is 13.8 Å². The van der Waals surface area contributed by atoms with Crippen molar-refractivity contribution < 1.29 is 8.42 Å². The van der Waals surface area contributed by atoms with Gasteiger partial charge in [-0.3, -0.25) is 0 Å². The van der Waals surface area contributed by atoms with Crippen molar-refractivity contribution in [1.29, 1.82) is 0 Å². The number of rotatable bonds is 3. The second-order valence-electron chi connectivity index (χ2n) is 5.65. The average molecular weight is 296 g/mol. The Morgan fingerprint density at radius 1 is 1.30 bits per heavy atom. The molecule has 1 atom stereocenters. The topological polar surface area (TPSA) is 63.4 Å². The lowest BCUT2D eigenvalue weighted by Crippen LogP contribution is -2.43. The maximum atomic E-state index is 13.0. The van der Waals surface area contributed by atoms with Crippen LogP contribution < -0.4 is 5.73 Å². The summed E-state index contributed by atoms with van der Waals surface area (Å²) in [6.45, 7) is 6.33. The van der Waals surface area contributed by atoms with Crippen LogP contribution in [0.4, 0.5) is 5.69 Å². The second kappa shape index (κ2) is 5.74. The third-order valence-corrected chi connectivity index (χ3v) is 6.25. The van der Waals surface area contributed by atoms with Crippen molar-refractivity contribution in [2.24, 2.45) is 0 Å². The Labute approximate surface area is 122 Å². The van der Waals surface area contributed by atoms with Crippen molar-refractivity contribution in [2.75, 3.05) is 12.3 Å². The molecular weight excluding hydrogens is 272 g/mol. The van der Waals surface area contributed by atoms with Crippen LogP contribution in [-0.2, 0) is 10.0 Å². The minimum absolute atomic E-state index is 0.120. The molecule has 0 radical (unpaired) electrons. The van der Waals surface area contributed by atoms with Gasteiger partial charge in [0.25, 0.3) is 0 Å². The molecule has 0 bridgehead atoms. The molecule has 2 N–H and O–H groups in total. The average Bonchev–Trinajstić information content (AvgIpc) is 2.42. The molecule has 1 aromatic rings. The number of hydrogen-bond acceptors (Lipinski definition) is 3. The first-order chi connectivity index (χ1) is 9.37. The van der Waals surface area contributed by atoms with E-state index in [0.29, 0.717) is 22.7 Å². The number of hydrogen-bond donors (Lipinski definition) is 1. The number of benzene rings is 1. The van der Waals surface area contributed by atoms with Crippen molar-refractivity contribution in [3.05, 3.63) is 23.3 Å². The molecule has 20 heavy (non-hydrogen) atoms. The van der Waals surface area contributed by atoms with Crippen LogP contribution >= 0.6 is 0 Å². The van der Waals surface area contributed by atoms with E-state index in [1.165, 1.54) is 0 Å². The lowest BCUT2D eigenvalue weighted by atomic mass is 10.0. The standard InChI is InChI=1S/C15H24N2O2S/c1-4-13-7-5-6-8-17(13)20(18,19)15-10-11(2)9-14(16)12(15)3/h9-10,13H,4-8,16H2,1-3H3. The van der Waals surface area contributed by atoms with Gasteiger partial charge in [0.1, 0.15) is 0 Å². The molecular formula is C15H24N2O2S. The van der Waals surface area contributed by atoms with E-state index in [1.807, 2.05) is 13.0 Å². The zero-order valence-corrected chi connectivity index (χ0v) is 13.3. The maximum absolute atomic E-state index is 13.0. The van der Waals surface area contributed by atoms with Gasteiger partial charge >= 0.3 is 0 Å². The summed E-state index contributed by atoms with van der Waals surface area (Å²) in [5.41, 5.74) is 8.03. The summed E-state index contributed by atoms with van der Waals surface area (Å²) in [5, 5.41) is 0. The molecule has 1 fully saturated rings. The van der Waals surface area contributed by atoms with Crippen LogP contribution in [0.25, 0.3) is 0 Å². The Balaban J connectivity index is 2.49. The van der Waals surface area contributed by atoms with Crippen molar-refractivity contribution >= 4 is 15.7 Å². The third-order valence-electron chi connectivity index (χ3n) is 4.18. The largest absolute Gasteiger partial charge is 0.398 e. The van der Waals surface area contributed by atoms with E-state index in [1.54, 1.807) is 17.3 Å². The quantitative estimate of drug-likeness (QED) is 0.872. The Kier molecular flexibility index (Phi) is 4.39. The van der Waals surface area contributed by atoms with Crippen molar-refractivity contribution in [3.63, 3.8) is 0 Å². The Morgan fingerprint density at radius 3 is 2.65 bits per heavy atom. The van der Waals surface area contributed by atoms with E-state index in [-0.39, 0.29) is 6.04 Å². The highest BCUT2D eigenvalue weighted by Gasteiger charge is 2.33. The molecule has 2 rings (SSSR count). The predicted molar refractivity (Wildman–Crippen MR) is 82.2 cm³/mol. The molecule has 1 saturated heterocycles. The smallest absolute Gasteiger partial charge is 0.243 e. The van der Waals surface area contributed by atoms with Gasteiger partial charge in [0.15, 0.2) is 0 Å². The van der Waals surface area contributed by atoms with Crippen molar-refractivity contribution in [3.8, 4) is 0 Å². The highest BCUT2D eigenvalue weighted by Crippen LogP contribution is 2.31. The monoisotopic (exact) mass is 296 g/mol. The molecule has 1 heterocycles. The number of nitrogens with zero attached hydrogens (tertiary/aromatic N) is 1. The fourth-order valence-corrected chi connectivity index (χ4v) is 5.05. The lowest BCUT2D eigenvalue weighted by Gasteiger charge is -2.34. The first-order valence-electron chi connectivity index (χ1n) is 7.26. The number of anilines is 1. The highest BCUT2D eigenvalue weighted by atomic mass is 32.2. The normalized spacial score (nSPS) is 21.1. The molecule has 1 aliphatic heterocycles. The van der Waals surface area contributed by atoms with E-state index in [2.05, 4.69) is 6.92 Å². The van der Waals surface area contributed by atoms with Gasteiger partial charge in [-0.05, 0) is 56.4 Å². The van der Waals surface area contributed by atoms with Gasteiger partial charge in [0.2, 0.25) is 10.0 Å². The summed E-state index contributed by atoms with van der Waals surface area (Å²) >= 11 is 0. The van der Waals surface area contributed by atoms with E-state index < -0.39 is 10.0 Å². The van der Waals surface area contributed by atoms with Crippen molar-refractivity contribution in [1.82, 2.24) is 4.31 Å². The van der Waals surface area contributed by atoms with Gasteiger partial charge in [-0.15, -0.1) is 0 Å². The van der Waals surface area contributed by atoms with Gasteiger partial charge in [0.05, 0.1) is 4.90 Å². The molecule has 0 aliphatic carbocycles. The minimum Gasteiger partial charge on any atom is -0.398 e. The highest BCUT2D eigenvalue weighted by molar-refractivity contribution is 7.89. The molecule has 0 spiro atoms. The van der Waals surface area contributed by atoms with Gasteiger partial charge in [-0.2, -0.15) is 4.31 Å². The van der Waals surface area contributed by atoms with Crippen LogP contribution in [0.1, 0.15) is 43.7 Å². The molecule has 0 aromatic heterocycles. The number of nitrogens with two attached hydrogens (primary N) is 1. The van der Waals surface area contributed by atoms with E-state index in [0.717, 1.165) is 31.2 Å². The summed E-state index contributed by atoms with van der Waals surface area (Å²) in [4.78, 5) is 0.371. The van der Waals surface area contributed by atoms with Crippen LogP contribution in [-0.4, -0.2) is 25.3 Å². The zero-order valence-electron chi connectivity index (χ0n) is 12.5. The molecule has 0 amide bonds. The summed E-state index contributed by atoms with van der Waals surface area (Å²) in [6.07, 6.45) is 3.87. The summed E-state index contributed by atoms with van der Waals surface area (Å²) < 4.78 is 27.6. The molecule has 1 aromatic carbocycles.